The van der Waals surface area contributed by atoms with Gasteiger partial charge < -0.3 is 19.9 Å². The first-order valence-corrected chi connectivity index (χ1v) is 6.45. The number of rotatable bonds is 10. The molecular weight excluding hydrogens is 232 g/mol. The van der Waals surface area contributed by atoms with Gasteiger partial charge in [-0.1, -0.05) is 13.8 Å². The highest BCUT2D eigenvalue weighted by Gasteiger charge is 2.39. The molecule has 0 heterocycles. The van der Waals surface area contributed by atoms with Gasteiger partial charge in [0.05, 0.1) is 12.1 Å². The van der Waals surface area contributed by atoms with Gasteiger partial charge in [-0.2, -0.15) is 0 Å². The molecule has 1 atom stereocenters. The first kappa shape index (κ1) is 17.8. The van der Waals surface area contributed by atoms with Crippen molar-refractivity contribution in [3.8, 4) is 0 Å². The van der Waals surface area contributed by atoms with Crippen molar-refractivity contribution in [1.82, 2.24) is 4.90 Å². The molecule has 0 spiro atoms. The van der Waals surface area contributed by atoms with Gasteiger partial charge in [0.2, 0.25) is 0 Å². The predicted octanol–water partition coefficient (Wildman–Crippen LogP) is 0.927. The Kier molecular flexibility index (Phi) is 8.73. The third-order valence-corrected chi connectivity index (χ3v) is 3.22. The molecule has 0 aromatic rings. The minimum atomic E-state index is -0.355. The van der Waals surface area contributed by atoms with Crippen LogP contribution in [-0.2, 0) is 14.2 Å². The monoisotopic (exact) mass is 262 g/mol. The highest BCUT2D eigenvalue weighted by molar-refractivity contribution is 4.91. The smallest absolute Gasteiger partial charge is 0.176 e. The standard InChI is InChI=1S/C13H30N2O3/c1-11(2)9-15(7-8-16-4)13(3,10-14)12(17-5)18-6/h11-12H,7-10,14H2,1-6H3. The lowest BCUT2D eigenvalue weighted by molar-refractivity contribution is -0.184. The molecule has 2 N–H and O–H groups in total. The van der Waals surface area contributed by atoms with E-state index in [2.05, 4.69) is 25.7 Å². The molecule has 0 amide bonds. The molecule has 1 unspecified atom stereocenters. The molecule has 0 aliphatic rings. The van der Waals surface area contributed by atoms with Gasteiger partial charge in [0.15, 0.2) is 6.29 Å². The fraction of sp³-hybridized carbons (Fsp3) is 1.00. The molecule has 5 heteroatoms. The quantitative estimate of drug-likeness (QED) is 0.594. The van der Waals surface area contributed by atoms with Crippen molar-refractivity contribution in [1.29, 1.82) is 0 Å². The van der Waals surface area contributed by atoms with E-state index in [9.17, 15) is 0 Å². The Morgan fingerprint density at radius 3 is 2.06 bits per heavy atom. The Morgan fingerprint density at radius 2 is 1.72 bits per heavy atom. The lowest BCUT2D eigenvalue weighted by Crippen LogP contribution is -2.61. The highest BCUT2D eigenvalue weighted by Crippen LogP contribution is 2.22. The van der Waals surface area contributed by atoms with Crippen LogP contribution in [0, 0.1) is 5.92 Å². The second-order valence-electron chi connectivity index (χ2n) is 5.20. The summed E-state index contributed by atoms with van der Waals surface area (Å²) in [6.07, 6.45) is -0.349. The second-order valence-corrected chi connectivity index (χ2v) is 5.20. The molecule has 0 aliphatic carbocycles. The van der Waals surface area contributed by atoms with Crippen molar-refractivity contribution in [2.45, 2.75) is 32.6 Å². The van der Waals surface area contributed by atoms with Crippen LogP contribution in [0.5, 0.6) is 0 Å². The van der Waals surface area contributed by atoms with E-state index < -0.39 is 0 Å². The van der Waals surface area contributed by atoms with Gasteiger partial charge in [0, 0.05) is 41.0 Å². The van der Waals surface area contributed by atoms with Gasteiger partial charge >= 0.3 is 0 Å². The van der Waals surface area contributed by atoms with Crippen molar-refractivity contribution >= 4 is 0 Å². The Labute approximate surface area is 112 Å². The normalized spacial score (nSPS) is 15.7. The van der Waals surface area contributed by atoms with E-state index in [1.165, 1.54) is 0 Å². The summed E-state index contributed by atoms with van der Waals surface area (Å²) in [5.74, 6) is 0.544. The maximum Gasteiger partial charge on any atom is 0.176 e. The fourth-order valence-electron chi connectivity index (χ4n) is 2.18. The zero-order valence-electron chi connectivity index (χ0n) is 12.7. The molecule has 0 radical (unpaired) electrons. The van der Waals surface area contributed by atoms with Gasteiger partial charge in [-0.05, 0) is 12.8 Å². The van der Waals surface area contributed by atoms with Crippen LogP contribution < -0.4 is 5.73 Å². The van der Waals surface area contributed by atoms with Crippen LogP contribution in [0.1, 0.15) is 20.8 Å². The van der Waals surface area contributed by atoms with Crippen LogP contribution in [0.3, 0.4) is 0 Å². The van der Waals surface area contributed by atoms with Gasteiger partial charge in [-0.15, -0.1) is 0 Å². The third-order valence-electron chi connectivity index (χ3n) is 3.22. The van der Waals surface area contributed by atoms with Crippen LogP contribution >= 0.6 is 0 Å². The summed E-state index contributed by atoms with van der Waals surface area (Å²) < 4.78 is 16.0. The number of methoxy groups -OCH3 is 3. The summed E-state index contributed by atoms with van der Waals surface area (Å²) >= 11 is 0. The number of hydrogen-bond donors (Lipinski definition) is 1. The number of hydrogen-bond acceptors (Lipinski definition) is 5. The largest absolute Gasteiger partial charge is 0.383 e. The van der Waals surface area contributed by atoms with Crippen molar-refractivity contribution in [3.05, 3.63) is 0 Å². The number of nitrogens with two attached hydrogens (primary N) is 1. The Hall–Kier alpha value is -0.200. The average Bonchev–Trinajstić information content (AvgIpc) is 2.35. The molecule has 0 aliphatic heterocycles. The van der Waals surface area contributed by atoms with Gasteiger partial charge in [-0.25, -0.2) is 0 Å². The van der Waals surface area contributed by atoms with Crippen LogP contribution in [0.4, 0.5) is 0 Å². The van der Waals surface area contributed by atoms with E-state index in [4.69, 9.17) is 19.9 Å². The molecule has 0 fully saturated rings. The first-order valence-electron chi connectivity index (χ1n) is 6.45. The van der Waals surface area contributed by atoms with Crippen molar-refractivity contribution in [3.63, 3.8) is 0 Å². The van der Waals surface area contributed by atoms with Crippen LogP contribution in [0.25, 0.3) is 0 Å². The molecule has 5 nitrogen and oxygen atoms in total. The molecule has 0 rings (SSSR count). The van der Waals surface area contributed by atoms with Gasteiger partial charge in [0.25, 0.3) is 0 Å². The van der Waals surface area contributed by atoms with E-state index in [0.717, 1.165) is 13.1 Å². The summed E-state index contributed by atoms with van der Waals surface area (Å²) in [4.78, 5) is 2.29. The molecule has 0 aromatic carbocycles. The van der Waals surface area contributed by atoms with Crippen molar-refractivity contribution < 1.29 is 14.2 Å². The molecule has 0 bridgehead atoms. The third kappa shape index (κ3) is 4.82. The maximum absolute atomic E-state index is 5.96. The minimum Gasteiger partial charge on any atom is -0.383 e. The Bertz CT molecular complexity index is 210. The summed E-state index contributed by atoms with van der Waals surface area (Å²) in [6, 6.07) is 0. The van der Waals surface area contributed by atoms with Crippen molar-refractivity contribution in [2.75, 3.05) is 47.6 Å². The van der Waals surface area contributed by atoms with E-state index in [0.29, 0.717) is 19.1 Å². The molecule has 0 saturated carbocycles. The van der Waals surface area contributed by atoms with E-state index in [1.807, 2.05) is 0 Å². The summed E-state index contributed by atoms with van der Waals surface area (Å²) in [5.41, 5.74) is 5.61. The van der Waals surface area contributed by atoms with Gasteiger partial charge in [-0.3, -0.25) is 4.90 Å². The lowest BCUT2D eigenvalue weighted by Gasteiger charge is -2.45. The van der Waals surface area contributed by atoms with Crippen LogP contribution in [0.2, 0.25) is 0 Å². The summed E-state index contributed by atoms with van der Waals surface area (Å²) in [7, 11) is 5.00. The minimum absolute atomic E-state index is 0.349. The SMILES string of the molecule is COCCN(CC(C)C)C(C)(CN)C(OC)OC. The van der Waals surface area contributed by atoms with E-state index >= 15 is 0 Å². The van der Waals surface area contributed by atoms with Gasteiger partial charge in [0.1, 0.15) is 0 Å². The average molecular weight is 262 g/mol. The topological polar surface area (TPSA) is 57.0 Å². The zero-order chi connectivity index (χ0) is 14.2. The van der Waals surface area contributed by atoms with E-state index in [1.54, 1.807) is 21.3 Å². The molecule has 18 heavy (non-hydrogen) atoms. The fourth-order valence-corrected chi connectivity index (χ4v) is 2.18. The molecule has 110 valence electrons. The molecule has 0 saturated heterocycles. The van der Waals surface area contributed by atoms with Crippen LogP contribution in [0.15, 0.2) is 0 Å². The number of ether oxygens (including phenoxy) is 3. The summed E-state index contributed by atoms with van der Waals surface area (Å²) in [6.45, 7) is 9.32. The lowest BCUT2D eigenvalue weighted by atomic mass is 9.97. The Balaban J connectivity index is 4.96. The summed E-state index contributed by atoms with van der Waals surface area (Å²) in [5, 5.41) is 0. The first-order chi connectivity index (χ1) is 8.46. The van der Waals surface area contributed by atoms with E-state index in [-0.39, 0.29) is 11.8 Å². The Morgan fingerprint density at radius 1 is 1.17 bits per heavy atom. The molecular formula is C13H30N2O3. The maximum atomic E-state index is 5.96. The van der Waals surface area contributed by atoms with Crippen LogP contribution in [-0.4, -0.2) is 64.3 Å². The second kappa shape index (κ2) is 8.82. The number of nitrogens with zero attached hydrogens (tertiary/aromatic N) is 1. The predicted molar refractivity (Wildman–Crippen MR) is 73.6 cm³/mol. The molecule has 0 aromatic heterocycles. The van der Waals surface area contributed by atoms with Crippen molar-refractivity contribution in [2.24, 2.45) is 11.7 Å². The highest BCUT2D eigenvalue weighted by atomic mass is 16.7. The zero-order valence-corrected chi connectivity index (χ0v) is 12.7.